The smallest absolute Gasteiger partial charge is 0.369 e. The van der Waals surface area contributed by atoms with E-state index in [0.29, 0.717) is 16.5 Å². The van der Waals surface area contributed by atoms with Crippen LogP contribution in [0.15, 0.2) is 102 Å². The fourth-order valence-corrected chi connectivity index (χ4v) is 3.88. The van der Waals surface area contributed by atoms with Crippen molar-refractivity contribution in [1.82, 2.24) is 9.97 Å². The minimum atomic E-state index is -0.796. The van der Waals surface area contributed by atoms with Crippen molar-refractivity contribution in [3.05, 3.63) is 120 Å². The highest BCUT2D eigenvalue weighted by atomic mass is 19.1. The molecule has 0 radical (unpaired) electrons. The van der Waals surface area contributed by atoms with E-state index < -0.39 is 11.8 Å². The van der Waals surface area contributed by atoms with Gasteiger partial charge in [0, 0.05) is 16.5 Å². The van der Waals surface area contributed by atoms with Gasteiger partial charge in [-0.05, 0) is 23.6 Å². The number of benzene rings is 4. The van der Waals surface area contributed by atoms with Gasteiger partial charge < -0.3 is 19.0 Å². The number of hydrogen-bond donors (Lipinski definition) is 0. The van der Waals surface area contributed by atoms with Crippen molar-refractivity contribution < 1.29 is 28.2 Å². The van der Waals surface area contributed by atoms with Gasteiger partial charge in [0.2, 0.25) is 11.8 Å². The molecule has 1 heterocycles. The molecule has 0 bridgehead atoms. The van der Waals surface area contributed by atoms with Gasteiger partial charge in [0.05, 0.1) is 20.3 Å². The second kappa shape index (κ2) is 11.4. The van der Waals surface area contributed by atoms with Gasteiger partial charge in [0.1, 0.15) is 17.1 Å². The first-order valence-electron chi connectivity index (χ1n) is 11.8. The molecule has 0 aliphatic carbocycles. The van der Waals surface area contributed by atoms with Crippen LogP contribution in [0.2, 0.25) is 0 Å². The van der Waals surface area contributed by atoms with E-state index >= 15 is 0 Å². The predicted octanol–water partition coefficient (Wildman–Crippen LogP) is 6.19. The number of halogens is 1. The number of carbonyl (C=O) groups excluding carboxylic acids is 1. The Morgan fingerprint density at radius 1 is 0.769 bits per heavy atom. The number of oxime groups is 1. The fraction of sp³-hybridized carbons (Fsp3) is 0.0667. The van der Waals surface area contributed by atoms with E-state index in [9.17, 15) is 9.18 Å². The van der Waals surface area contributed by atoms with Crippen molar-refractivity contribution in [1.29, 1.82) is 0 Å². The number of aromatic nitrogens is 2. The molecule has 1 aromatic heterocycles. The molecule has 5 aromatic rings. The number of fused-ring (bicyclic) bond motifs is 1. The molecular formula is C30H22FN3O5. The summed E-state index contributed by atoms with van der Waals surface area (Å²) < 4.78 is 30.5. The average molecular weight is 524 g/mol. The van der Waals surface area contributed by atoms with Crippen molar-refractivity contribution in [2.45, 2.75) is 0 Å². The molecule has 5 rings (SSSR count). The Bertz CT molecular complexity index is 1650. The van der Waals surface area contributed by atoms with Gasteiger partial charge in [-0.15, -0.1) is 0 Å². The number of nitrogens with zero attached hydrogens (tertiary/aromatic N) is 3. The molecule has 0 atom stereocenters. The number of ether oxygens (including phenoxy) is 3. The molecule has 0 aliphatic heterocycles. The Balaban J connectivity index is 1.56. The van der Waals surface area contributed by atoms with E-state index in [4.69, 9.17) is 19.0 Å². The van der Waals surface area contributed by atoms with Crippen LogP contribution in [-0.4, -0.2) is 35.9 Å². The Morgan fingerprint density at radius 3 is 2.18 bits per heavy atom. The van der Waals surface area contributed by atoms with E-state index in [1.54, 1.807) is 42.5 Å². The average Bonchev–Trinajstić information content (AvgIpc) is 2.97. The predicted molar refractivity (Wildman–Crippen MR) is 143 cm³/mol. The summed E-state index contributed by atoms with van der Waals surface area (Å²) in [4.78, 5) is 27.2. The summed E-state index contributed by atoms with van der Waals surface area (Å²) in [7, 11) is 2.90. The van der Waals surface area contributed by atoms with Crippen molar-refractivity contribution in [3.63, 3.8) is 0 Å². The largest absolute Gasteiger partial charge is 0.481 e. The SMILES string of the molecule is COc1cc(OC)nc(Oc2c(C(=O)O/N=C(/c3ccccc3)c3cccc(F)c3)ccc3ccccc23)n1. The summed E-state index contributed by atoms with van der Waals surface area (Å²) >= 11 is 0. The molecule has 0 saturated heterocycles. The third kappa shape index (κ3) is 5.67. The van der Waals surface area contributed by atoms with Crippen LogP contribution in [0.4, 0.5) is 4.39 Å². The number of carbonyl (C=O) groups is 1. The number of methoxy groups -OCH3 is 2. The molecule has 39 heavy (non-hydrogen) atoms. The highest BCUT2D eigenvalue weighted by molar-refractivity contribution is 6.13. The third-order valence-corrected chi connectivity index (χ3v) is 5.73. The summed E-state index contributed by atoms with van der Waals surface area (Å²) in [6, 6.07) is 27.0. The van der Waals surface area contributed by atoms with Crippen LogP contribution in [0.1, 0.15) is 21.5 Å². The molecule has 8 nitrogen and oxygen atoms in total. The standard InChI is InChI=1S/C30H22FN3O5/c1-36-25-18-26(37-2)33-30(32-25)38-28-23-14-7-6-9-19(23)15-16-24(28)29(35)39-34-27(20-10-4-3-5-11-20)21-12-8-13-22(31)17-21/h3-18H,1-2H3/b34-27-. The lowest BCUT2D eigenvalue weighted by Gasteiger charge is -2.13. The first-order chi connectivity index (χ1) is 19.1. The lowest BCUT2D eigenvalue weighted by molar-refractivity contribution is 0.0514. The zero-order valence-electron chi connectivity index (χ0n) is 21.0. The van der Waals surface area contributed by atoms with Crippen LogP contribution in [0, 0.1) is 5.82 Å². The molecule has 9 heteroatoms. The summed E-state index contributed by atoms with van der Waals surface area (Å²) in [5.74, 6) is -0.644. The van der Waals surface area contributed by atoms with Crippen LogP contribution in [0.3, 0.4) is 0 Å². The number of hydrogen-bond acceptors (Lipinski definition) is 8. The first-order valence-corrected chi connectivity index (χ1v) is 11.8. The van der Waals surface area contributed by atoms with E-state index in [-0.39, 0.29) is 34.8 Å². The Hall–Kier alpha value is -5.31. The monoisotopic (exact) mass is 523 g/mol. The van der Waals surface area contributed by atoms with Crippen molar-refractivity contribution >= 4 is 22.5 Å². The summed E-state index contributed by atoms with van der Waals surface area (Å²) in [6.07, 6.45) is 0. The lowest BCUT2D eigenvalue weighted by atomic mass is 10.0. The van der Waals surface area contributed by atoms with E-state index in [1.807, 2.05) is 36.4 Å². The second-order valence-corrected chi connectivity index (χ2v) is 8.20. The maximum Gasteiger partial charge on any atom is 0.369 e. The third-order valence-electron chi connectivity index (χ3n) is 5.73. The van der Waals surface area contributed by atoms with Gasteiger partial charge in [0.25, 0.3) is 0 Å². The highest BCUT2D eigenvalue weighted by Gasteiger charge is 2.21. The van der Waals surface area contributed by atoms with Crippen LogP contribution in [0.5, 0.6) is 23.5 Å². The van der Waals surface area contributed by atoms with Crippen LogP contribution >= 0.6 is 0 Å². The van der Waals surface area contributed by atoms with Crippen molar-refractivity contribution in [2.24, 2.45) is 5.16 Å². The second-order valence-electron chi connectivity index (χ2n) is 8.20. The maximum atomic E-state index is 14.0. The fourth-order valence-electron chi connectivity index (χ4n) is 3.88. The Labute approximate surface area is 223 Å². The van der Waals surface area contributed by atoms with Crippen molar-refractivity contribution in [3.8, 4) is 23.5 Å². The molecule has 0 aliphatic rings. The van der Waals surface area contributed by atoms with Gasteiger partial charge >= 0.3 is 12.0 Å². The van der Waals surface area contributed by atoms with Gasteiger partial charge in [-0.3, -0.25) is 0 Å². The van der Waals surface area contributed by atoms with Gasteiger partial charge in [-0.2, -0.15) is 9.97 Å². The maximum absolute atomic E-state index is 14.0. The summed E-state index contributed by atoms with van der Waals surface area (Å²) in [5, 5.41) is 5.57. The van der Waals surface area contributed by atoms with E-state index in [1.165, 1.54) is 32.4 Å². The van der Waals surface area contributed by atoms with Gasteiger partial charge in [0.15, 0.2) is 5.75 Å². The van der Waals surface area contributed by atoms with Crippen LogP contribution in [0.25, 0.3) is 10.8 Å². The van der Waals surface area contributed by atoms with Crippen molar-refractivity contribution in [2.75, 3.05) is 14.2 Å². The van der Waals surface area contributed by atoms with E-state index in [2.05, 4.69) is 15.1 Å². The summed E-state index contributed by atoms with van der Waals surface area (Å²) in [6.45, 7) is 0. The van der Waals surface area contributed by atoms with Crippen LogP contribution in [-0.2, 0) is 4.84 Å². The normalized spacial score (nSPS) is 11.2. The Morgan fingerprint density at radius 2 is 1.46 bits per heavy atom. The van der Waals surface area contributed by atoms with Gasteiger partial charge in [-0.25, -0.2) is 9.18 Å². The molecule has 194 valence electrons. The van der Waals surface area contributed by atoms with E-state index in [0.717, 1.165) is 5.39 Å². The molecule has 0 amide bonds. The molecule has 0 spiro atoms. The zero-order valence-corrected chi connectivity index (χ0v) is 21.0. The minimum Gasteiger partial charge on any atom is -0.481 e. The Kier molecular flexibility index (Phi) is 7.40. The zero-order chi connectivity index (χ0) is 27.2. The lowest BCUT2D eigenvalue weighted by Crippen LogP contribution is -2.09. The quantitative estimate of drug-likeness (QED) is 0.136. The molecule has 4 aromatic carbocycles. The minimum absolute atomic E-state index is 0.0782. The van der Waals surface area contributed by atoms with Gasteiger partial charge in [-0.1, -0.05) is 78.0 Å². The molecule has 0 N–H and O–H groups in total. The molecule has 0 unspecified atom stereocenters. The highest BCUT2D eigenvalue weighted by Crippen LogP contribution is 2.34. The molecule has 0 saturated carbocycles. The molecule has 0 fully saturated rings. The number of rotatable bonds is 8. The molecular weight excluding hydrogens is 501 g/mol. The van der Waals surface area contributed by atoms with Crippen LogP contribution < -0.4 is 14.2 Å². The topological polar surface area (TPSA) is 92.1 Å². The summed E-state index contributed by atoms with van der Waals surface area (Å²) in [5.41, 5.74) is 1.45. The first kappa shape index (κ1) is 25.3.